The Bertz CT molecular complexity index is 639. The average molecular weight is 348 g/mol. The van der Waals surface area contributed by atoms with Gasteiger partial charge < -0.3 is 0 Å². The zero-order valence-electron chi connectivity index (χ0n) is 11.2. The summed E-state index contributed by atoms with van der Waals surface area (Å²) in [7, 11) is 0. The highest BCUT2D eigenvalue weighted by atomic mass is 35.5. The monoisotopic (exact) mass is 346 g/mol. The first kappa shape index (κ1) is 15.9. The van der Waals surface area contributed by atoms with E-state index >= 15 is 0 Å². The summed E-state index contributed by atoms with van der Waals surface area (Å²) in [5.74, 6) is 0.700. The first-order valence-electron chi connectivity index (χ1n) is 5.94. The number of benzene rings is 1. The van der Waals surface area contributed by atoms with Crippen molar-refractivity contribution >= 4 is 46.6 Å². The minimum atomic E-state index is -0.168. The summed E-state index contributed by atoms with van der Waals surface area (Å²) in [5.41, 5.74) is -0.168. The highest BCUT2D eigenvalue weighted by molar-refractivity contribution is 7.99. The van der Waals surface area contributed by atoms with Crippen molar-refractivity contribution in [3.05, 3.63) is 45.3 Å². The minimum Gasteiger partial charge on any atom is -0.226 e. The summed E-state index contributed by atoms with van der Waals surface area (Å²) in [4.78, 5) is 9.65. The Morgan fingerprint density at radius 1 is 1.00 bits per heavy atom. The van der Waals surface area contributed by atoms with Gasteiger partial charge in [-0.15, -0.1) is 0 Å². The average Bonchev–Trinajstić information content (AvgIpc) is 2.32. The lowest BCUT2D eigenvalue weighted by Gasteiger charge is -2.17. The Kier molecular flexibility index (Phi) is 4.85. The van der Waals surface area contributed by atoms with Gasteiger partial charge in [-0.05, 0) is 18.2 Å². The van der Waals surface area contributed by atoms with Crippen LogP contribution in [-0.4, -0.2) is 9.97 Å². The molecule has 0 amide bonds. The van der Waals surface area contributed by atoms with Crippen molar-refractivity contribution in [1.82, 2.24) is 9.97 Å². The number of nitrogens with zero attached hydrogens (tertiary/aromatic N) is 2. The van der Waals surface area contributed by atoms with Crippen LogP contribution in [0.15, 0.2) is 34.2 Å². The van der Waals surface area contributed by atoms with E-state index in [0.717, 1.165) is 9.92 Å². The van der Waals surface area contributed by atoms with Crippen LogP contribution in [0.1, 0.15) is 26.6 Å². The highest BCUT2D eigenvalue weighted by Gasteiger charge is 2.19. The van der Waals surface area contributed by atoms with E-state index in [-0.39, 0.29) is 5.41 Å². The Balaban J connectivity index is 2.39. The second kappa shape index (κ2) is 6.10. The van der Waals surface area contributed by atoms with Crippen molar-refractivity contribution in [2.45, 2.75) is 36.1 Å². The molecule has 20 heavy (non-hydrogen) atoms. The molecule has 0 aliphatic carbocycles. The quantitative estimate of drug-likeness (QED) is 0.634. The lowest BCUT2D eigenvalue weighted by molar-refractivity contribution is 0.538. The van der Waals surface area contributed by atoms with E-state index in [1.165, 1.54) is 11.8 Å². The summed E-state index contributed by atoms with van der Waals surface area (Å²) >= 11 is 19.6. The largest absolute Gasteiger partial charge is 0.226 e. The minimum absolute atomic E-state index is 0.168. The number of rotatable bonds is 2. The van der Waals surface area contributed by atoms with Crippen LogP contribution in [0.2, 0.25) is 15.2 Å². The molecule has 2 nitrogen and oxygen atoms in total. The maximum Gasteiger partial charge on any atom is 0.136 e. The molecule has 0 spiro atoms. The van der Waals surface area contributed by atoms with Crippen LogP contribution < -0.4 is 0 Å². The van der Waals surface area contributed by atoms with Gasteiger partial charge in [-0.3, -0.25) is 0 Å². The predicted molar refractivity (Wildman–Crippen MR) is 86.3 cm³/mol. The van der Waals surface area contributed by atoms with Crippen LogP contribution in [0.4, 0.5) is 0 Å². The van der Waals surface area contributed by atoms with Crippen LogP contribution in [0, 0.1) is 0 Å². The summed E-state index contributed by atoms with van der Waals surface area (Å²) in [6.45, 7) is 6.12. The van der Waals surface area contributed by atoms with Gasteiger partial charge in [0.1, 0.15) is 16.0 Å². The third kappa shape index (κ3) is 4.01. The van der Waals surface area contributed by atoms with E-state index in [0.29, 0.717) is 21.0 Å². The molecule has 1 aromatic carbocycles. The molecule has 0 aliphatic heterocycles. The summed E-state index contributed by atoms with van der Waals surface area (Å²) < 4.78 is 0. The van der Waals surface area contributed by atoms with Crippen LogP contribution in [0.5, 0.6) is 0 Å². The number of hydrogen-bond acceptors (Lipinski definition) is 3. The normalized spacial score (nSPS) is 11.7. The summed E-state index contributed by atoms with van der Waals surface area (Å²) in [5, 5.41) is 2.43. The second-order valence-electron chi connectivity index (χ2n) is 5.28. The lowest BCUT2D eigenvalue weighted by Crippen LogP contribution is -2.16. The fraction of sp³-hybridized carbons (Fsp3) is 0.286. The lowest BCUT2D eigenvalue weighted by atomic mass is 9.96. The topological polar surface area (TPSA) is 25.8 Å². The van der Waals surface area contributed by atoms with Crippen molar-refractivity contribution in [2.75, 3.05) is 0 Å². The van der Waals surface area contributed by atoms with Gasteiger partial charge in [-0.25, -0.2) is 9.97 Å². The fourth-order valence-corrected chi connectivity index (χ4v) is 3.05. The van der Waals surface area contributed by atoms with Gasteiger partial charge in [0.15, 0.2) is 0 Å². The molecule has 0 N–H and O–H groups in total. The fourth-order valence-electron chi connectivity index (χ4n) is 1.45. The number of aromatic nitrogens is 2. The third-order valence-corrected chi connectivity index (χ3v) is 4.30. The highest BCUT2D eigenvalue weighted by Crippen LogP contribution is 2.35. The van der Waals surface area contributed by atoms with E-state index in [9.17, 15) is 0 Å². The summed E-state index contributed by atoms with van der Waals surface area (Å²) in [6, 6.07) is 7.04. The van der Waals surface area contributed by atoms with Crippen molar-refractivity contribution in [2.24, 2.45) is 0 Å². The molecule has 0 atom stereocenters. The molecule has 6 heteroatoms. The molecule has 0 bridgehead atoms. The van der Waals surface area contributed by atoms with Crippen molar-refractivity contribution in [3.8, 4) is 0 Å². The van der Waals surface area contributed by atoms with Gasteiger partial charge in [0.2, 0.25) is 0 Å². The molecule has 2 aromatic rings. The molecule has 1 heterocycles. The van der Waals surface area contributed by atoms with E-state index in [4.69, 9.17) is 34.8 Å². The molecular weight excluding hydrogens is 335 g/mol. The molecule has 0 saturated heterocycles. The van der Waals surface area contributed by atoms with Gasteiger partial charge >= 0.3 is 0 Å². The Labute approximate surface area is 137 Å². The zero-order chi connectivity index (χ0) is 14.9. The maximum absolute atomic E-state index is 6.16. The van der Waals surface area contributed by atoms with Gasteiger partial charge in [0, 0.05) is 21.4 Å². The smallest absolute Gasteiger partial charge is 0.136 e. The standard InChI is InChI=1S/C14H13Cl3N2S/c1-14(2,3)13-18-11(17)7-12(19-13)20-10-6-8(15)4-5-9(10)16/h4-7H,1-3H3. The number of hydrogen-bond donors (Lipinski definition) is 0. The molecular formula is C14H13Cl3N2S. The van der Waals surface area contributed by atoms with E-state index in [2.05, 4.69) is 9.97 Å². The second-order valence-corrected chi connectivity index (χ2v) is 7.57. The van der Waals surface area contributed by atoms with Crippen molar-refractivity contribution in [1.29, 1.82) is 0 Å². The number of halogens is 3. The van der Waals surface area contributed by atoms with Crippen LogP contribution >= 0.6 is 46.6 Å². The van der Waals surface area contributed by atoms with Crippen LogP contribution in [0.25, 0.3) is 0 Å². The molecule has 0 fully saturated rings. The van der Waals surface area contributed by atoms with Crippen molar-refractivity contribution < 1.29 is 0 Å². The molecule has 0 radical (unpaired) electrons. The van der Waals surface area contributed by atoms with E-state index in [1.54, 1.807) is 24.3 Å². The summed E-state index contributed by atoms with van der Waals surface area (Å²) in [6.07, 6.45) is 0. The van der Waals surface area contributed by atoms with Gasteiger partial charge in [-0.2, -0.15) is 0 Å². The SMILES string of the molecule is CC(C)(C)c1nc(Cl)cc(Sc2cc(Cl)ccc2Cl)n1. The van der Waals surface area contributed by atoms with Crippen LogP contribution in [-0.2, 0) is 5.41 Å². The first-order chi connectivity index (χ1) is 9.25. The van der Waals surface area contributed by atoms with Crippen LogP contribution in [0.3, 0.4) is 0 Å². The molecule has 106 valence electrons. The Morgan fingerprint density at radius 3 is 2.35 bits per heavy atom. The van der Waals surface area contributed by atoms with E-state index < -0.39 is 0 Å². The molecule has 2 rings (SSSR count). The molecule has 0 unspecified atom stereocenters. The first-order valence-corrected chi connectivity index (χ1v) is 7.89. The van der Waals surface area contributed by atoms with Gasteiger partial charge in [-0.1, -0.05) is 67.3 Å². The Morgan fingerprint density at radius 2 is 1.70 bits per heavy atom. The third-order valence-electron chi connectivity index (χ3n) is 2.45. The molecule has 1 aromatic heterocycles. The Hall–Kier alpha value is -0.480. The van der Waals surface area contributed by atoms with Crippen molar-refractivity contribution in [3.63, 3.8) is 0 Å². The predicted octanol–water partition coefficient (Wildman–Crippen LogP) is 5.89. The molecule has 0 aliphatic rings. The van der Waals surface area contributed by atoms with Gasteiger partial charge in [0.25, 0.3) is 0 Å². The van der Waals surface area contributed by atoms with E-state index in [1.807, 2.05) is 20.8 Å². The zero-order valence-corrected chi connectivity index (χ0v) is 14.3. The molecule has 0 saturated carbocycles. The maximum atomic E-state index is 6.16. The van der Waals surface area contributed by atoms with Gasteiger partial charge in [0.05, 0.1) is 5.02 Å².